The smallest absolute Gasteiger partial charge is 0.266 e. The van der Waals surface area contributed by atoms with E-state index in [9.17, 15) is 9.18 Å². The second-order valence-corrected chi connectivity index (χ2v) is 8.39. The van der Waals surface area contributed by atoms with E-state index in [2.05, 4.69) is 22.0 Å². The van der Waals surface area contributed by atoms with E-state index in [4.69, 9.17) is 9.72 Å². The van der Waals surface area contributed by atoms with Crippen LogP contribution >= 0.6 is 0 Å². The van der Waals surface area contributed by atoms with Gasteiger partial charge in [0, 0.05) is 25.7 Å². The molecule has 2 aliphatic rings. The lowest BCUT2D eigenvalue weighted by Crippen LogP contribution is -2.43. The Morgan fingerprint density at radius 1 is 1.24 bits per heavy atom. The average Bonchev–Trinajstić information content (AvgIpc) is 3.30. The molecule has 0 saturated carbocycles. The third-order valence-electron chi connectivity index (χ3n) is 6.40. The number of aromatic amines is 1. The van der Waals surface area contributed by atoms with Gasteiger partial charge in [-0.3, -0.25) is 14.5 Å². The van der Waals surface area contributed by atoms with Crippen LogP contribution in [0.1, 0.15) is 26.2 Å². The highest BCUT2D eigenvalue weighted by Crippen LogP contribution is 2.42. The van der Waals surface area contributed by atoms with Gasteiger partial charge in [0.15, 0.2) is 5.65 Å². The lowest BCUT2D eigenvalue weighted by molar-refractivity contribution is 0.0974. The van der Waals surface area contributed by atoms with Gasteiger partial charge in [0.25, 0.3) is 5.56 Å². The quantitative estimate of drug-likeness (QED) is 0.720. The summed E-state index contributed by atoms with van der Waals surface area (Å²) >= 11 is 0. The Kier molecular flexibility index (Phi) is 4.20. The monoisotopic (exact) mass is 397 g/mol. The molecule has 0 aliphatic carbocycles. The van der Waals surface area contributed by atoms with Crippen molar-refractivity contribution in [1.29, 1.82) is 0 Å². The van der Waals surface area contributed by atoms with Crippen LogP contribution in [0, 0.1) is 11.2 Å². The van der Waals surface area contributed by atoms with Gasteiger partial charge in [0.1, 0.15) is 16.9 Å². The number of ether oxygens (including phenoxy) is 1. The van der Waals surface area contributed by atoms with Crippen LogP contribution in [0.5, 0.6) is 0 Å². The van der Waals surface area contributed by atoms with Crippen molar-refractivity contribution < 1.29 is 9.13 Å². The third kappa shape index (κ3) is 3.02. The molecule has 2 aliphatic heterocycles. The highest BCUT2D eigenvalue weighted by molar-refractivity contribution is 5.90. The molecular formula is C21H24FN5O2. The van der Waals surface area contributed by atoms with E-state index in [1.807, 2.05) is 0 Å². The van der Waals surface area contributed by atoms with Crippen LogP contribution in [-0.2, 0) is 11.8 Å². The molecule has 0 radical (unpaired) electrons. The summed E-state index contributed by atoms with van der Waals surface area (Å²) in [5.41, 5.74) is 1.74. The number of nitrogens with zero attached hydrogens (tertiary/aromatic N) is 4. The van der Waals surface area contributed by atoms with Crippen LogP contribution in [0.3, 0.4) is 0 Å². The summed E-state index contributed by atoms with van der Waals surface area (Å²) in [6.07, 6.45) is 3.51. The van der Waals surface area contributed by atoms with Crippen LogP contribution in [0.2, 0.25) is 0 Å². The van der Waals surface area contributed by atoms with Gasteiger partial charge in [-0.2, -0.15) is 10.1 Å². The Balaban J connectivity index is 1.48. The fraction of sp³-hybridized carbons (Fsp3) is 0.476. The van der Waals surface area contributed by atoms with E-state index in [0.717, 1.165) is 39.0 Å². The molecule has 3 aromatic rings. The first-order valence-electron chi connectivity index (χ1n) is 10.0. The first-order valence-corrected chi connectivity index (χ1v) is 10.0. The standard InChI is InChI=1S/C21H24FN5O2/c1-13-11-21(12-29-13)7-9-27(10-8-21)20-23-18-16(19(28)26(20)2)17(24-25-18)14-3-5-15(22)6-4-14/h3-6,13H,7-12H2,1-2H3,(H,24,25)/t13-/m0/s1. The zero-order valence-corrected chi connectivity index (χ0v) is 16.6. The molecular weight excluding hydrogens is 373 g/mol. The number of anilines is 1. The normalized spacial score (nSPS) is 21.3. The van der Waals surface area contributed by atoms with E-state index < -0.39 is 0 Å². The van der Waals surface area contributed by atoms with Gasteiger partial charge < -0.3 is 9.64 Å². The number of halogens is 1. The fourth-order valence-corrected chi connectivity index (χ4v) is 4.73. The summed E-state index contributed by atoms with van der Waals surface area (Å²) in [7, 11) is 1.75. The Hall–Kier alpha value is -2.74. The van der Waals surface area contributed by atoms with Crippen molar-refractivity contribution in [2.24, 2.45) is 12.5 Å². The Bertz CT molecular complexity index is 1110. The van der Waals surface area contributed by atoms with Crippen LogP contribution in [-0.4, -0.2) is 45.5 Å². The number of hydrogen-bond acceptors (Lipinski definition) is 5. The van der Waals surface area contributed by atoms with Crippen molar-refractivity contribution >= 4 is 17.0 Å². The number of H-pyrrole nitrogens is 1. The molecule has 0 bridgehead atoms. The molecule has 1 aromatic carbocycles. The molecule has 1 spiro atoms. The van der Waals surface area contributed by atoms with Gasteiger partial charge in [-0.25, -0.2) is 4.39 Å². The zero-order chi connectivity index (χ0) is 20.2. The maximum atomic E-state index is 13.3. The third-order valence-corrected chi connectivity index (χ3v) is 6.40. The molecule has 0 unspecified atom stereocenters. The number of piperidine rings is 1. The van der Waals surface area contributed by atoms with Gasteiger partial charge >= 0.3 is 0 Å². The second-order valence-electron chi connectivity index (χ2n) is 8.39. The van der Waals surface area contributed by atoms with E-state index in [1.165, 1.54) is 12.1 Å². The predicted octanol–water partition coefficient (Wildman–Crippen LogP) is 2.86. The summed E-state index contributed by atoms with van der Waals surface area (Å²) < 4.78 is 20.7. The van der Waals surface area contributed by atoms with Crippen molar-refractivity contribution in [1.82, 2.24) is 19.7 Å². The summed E-state index contributed by atoms with van der Waals surface area (Å²) in [4.78, 5) is 20.0. The highest BCUT2D eigenvalue weighted by atomic mass is 19.1. The van der Waals surface area contributed by atoms with Crippen LogP contribution in [0.4, 0.5) is 10.3 Å². The topological polar surface area (TPSA) is 76.0 Å². The number of benzene rings is 1. The SMILES string of the molecule is C[C@H]1CC2(CCN(c3nc4[nH]nc(-c5ccc(F)cc5)c4c(=O)n3C)CC2)CO1. The van der Waals surface area contributed by atoms with Gasteiger partial charge in [0.2, 0.25) is 5.95 Å². The van der Waals surface area contributed by atoms with Gasteiger partial charge in [0.05, 0.1) is 12.7 Å². The van der Waals surface area contributed by atoms with Crippen LogP contribution in [0.25, 0.3) is 22.3 Å². The van der Waals surface area contributed by atoms with Crippen molar-refractivity contribution in [3.8, 4) is 11.3 Å². The summed E-state index contributed by atoms with van der Waals surface area (Å²) in [6, 6.07) is 5.96. The van der Waals surface area contributed by atoms with E-state index in [1.54, 1.807) is 23.7 Å². The molecule has 7 nitrogen and oxygen atoms in total. The Morgan fingerprint density at radius 3 is 2.62 bits per heavy atom. The van der Waals surface area contributed by atoms with E-state index in [-0.39, 0.29) is 16.8 Å². The molecule has 2 aromatic heterocycles. The average molecular weight is 397 g/mol. The van der Waals surface area contributed by atoms with Crippen LogP contribution in [0.15, 0.2) is 29.1 Å². The molecule has 152 valence electrons. The lowest BCUT2D eigenvalue weighted by atomic mass is 9.77. The maximum Gasteiger partial charge on any atom is 0.266 e. The minimum Gasteiger partial charge on any atom is -0.378 e. The Labute approximate surface area is 167 Å². The zero-order valence-electron chi connectivity index (χ0n) is 16.6. The number of fused-ring (bicyclic) bond motifs is 1. The molecule has 8 heteroatoms. The first kappa shape index (κ1) is 18.3. The largest absolute Gasteiger partial charge is 0.378 e. The predicted molar refractivity (Wildman–Crippen MR) is 108 cm³/mol. The van der Waals surface area contributed by atoms with Gasteiger partial charge in [-0.1, -0.05) is 0 Å². The molecule has 2 fully saturated rings. The molecule has 1 atom stereocenters. The second kappa shape index (κ2) is 6.66. The molecule has 2 saturated heterocycles. The van der Waals surface area contributed by atoms with E-state index >= 15 is 0 Å². The minimum absolute atomic E-state index is 0.156. The summed E-state index contributed by atoms with van der Waals surface area (Å²) in [6.45, 7) is 4.66. The van der Waals surface area contributed by atoms with Crippen molar-refractivity contribution in [2.75, 3.05) is 24.6 Å². The number of rotatable bonds is 2. The van der Waals surface area contributed by atoms with Crippen molar-refractivity contribution in [3.05, 3.63) is 40.4 Å². The summed E-state index contributed by atoms with van der Waals surface area (Å²) in [5, 5.41) is 7.60. The lowest BCUT2D eigenvalue weighted by Gasteiger charge is -2.39. The molecule has 4 heterocycles. The first-order chi connectivity index (χ1) is 14.0. The van der Waals surface area contributed by atoms with Gasteiger partial charge in [-0.15, -0.1) is 0 Å². The highest BCUT2D eigenvalue weighted by Gasteiger charge is 2.41. The number of aromatic nitrogens is 4. The van der Waals surface area contributed by atoms with E-state index in [0.29, 0.717) is 34.3 Å². The summed E-state index contributed by atoms with van der Waals surface area (Å²) in [5.74, 6) is 0.324. The Morgan fingerprint density at radius 2 is 1.97 bits per heavy atom. The fourth-order valence-electron chi connectivity index (χ4n) is 4.73. The molecule has 1 N–H and O–H groups in total. The molecule has 0 amide bonds. The van der Waals surface area contributed by atoms with Crippen molar-refractivity contribution in [3.63, 3.8) is 0 Å². The number of hydrogen-bond donors (Lipinski definition) is 1. The number of nitrogens with one attached hydrogen (secondary N) is 1. The van der Waals surface area contributed by atoms with Gasteiger partial charge in [-0.05, 0) is 55.9 Å². The van der Waals surface area contributed by atoms with Crippen molar-refractivity contribution in [2.45, 2.75) is 32.3 Å². The molecule has 5 rings (SSSR count). The maximum absolute atomic E-state index is 13.3. The van der Waals surface area contributed by atoms with Crippen LogP contribution < -0.4 is 10.5 Å². The molecule has 29 heavy (non-hydrogen) atoms. The minimum atomic E-state index is -0.327.